The molecule has 6 unspecified atom stereocenters. The Morgan fingerprint density at radius 2 is 2.30 bits per heavy atom. The summed E-state index contributed by atoms with van der Waals surface area (Å²) >= 11 is 2.11. The van der Waals surface area contributed by atoms with Gasteiger partial charge in [-0.3, -0.25) is 9.59 Å². The number of esters is 2. The van der Waals surface area contributed by atoms with Crippen LogP contribution in [0.25, 0.3) is 0 Å². The Morgan fingerprint density at radius 3 is 2.95 bits per heavy atom. The average molecular weight is 396 g/mol. The fourth-order valence-electron chi connectivity index (χ4n) is 3.12. The highest BCUT2D eigenvalue weighted by atomic mass is 127. The van der Waals surface area contributed by atoms with Gasteiger partial charge in [-0.25, -0.2) is 0 Å². The van der Waals surface area contributed by atoms with Crippen molar-refractivity contribution >= 4 is 34.5 Å². The van der Waals surface area contributed by atoms with Crippen LogP contribution in [0.15, 0.2) is 0 Å². The second-order valence-corrected chi connectivity index (χ2v) is 6.68. The van der Waals surface area contributed by atoms with Crippen LogP contribution in [0, 0.1) is 11.3 Å². The minimum Gasteiger partial charge on any atom is -0.455 e. The van der Waals surface area contributed by atoms with Gasteiger partial charge in [-0.1, -0.05) is 22.6 Å². The van der Waals surface area contributed by atoms with Gasteiger partial charge in [0.25, 0.3) is 0 Å². The van der Waals surface area contributed by atoms with Gasteiger partial charge in [-0.05, 0) is 19.8 Å². The molecule has 3 fully saturated rings. The predicted molar refractivity (Wildman–Crippen MR) is 75.2 cm³/mol. The molecule has 0 aromatic rings. The maximum Gasteiger partial charge on any atom is 0.313 e. The number of halogens is 1. The molecule has 0 radical (unpaired) electrons. The molecule has 3 aliphatic rings. The number of hydrogen-bond donors (Lipinski definition) is 1. The van der Waals surface area contributed by atoms with Gasteiger partial charge >= 0.3 is 11.9 Å². The van der Waals surface area contributed by atoms with E-state index in [1.165, 1.54) is 0 Å². The van der Waals surface area contributed by atoms with Crippen LogP contribution in [0.1, 0.15) is 19.8 Å². The Balaban J connectivity index is 1.70. The second-order valence-electron chi connectivity index (χ2n) is 5.92. The summed E-state index contributed by atoms with van der Waals surface area (Å²) < 4.78 is 17.1. The monoisotopic (exact) mass is 396 g/mol. The first-order valence-electron chi connectivity index (χ1n) is 6.74. The zero-order chi connectivity index (χ0) is 14.5. The lowest BCUT2D eigenvalue weighted by atomic mass is 9.87. The van der Waals surface area contributed by atoms with Gasteiger partial charge in [0.15, 0.2) is 12.2 Å². The lowest BCUT2D eigenvalue weighted by Gasteiger charge is -2.29. The van der Waals surface area contributed by atoms with Gasteiger partial charge in [0.05, 0.1) is 17.4 Å². The van der Waals surface area contributed by atoms with Crippen molar-refractivity contribution in [2.24, 2.45) is 11.3 Å². The molecule has 7 heteroatoms. The molecule has 0 amide bonds. The van der Waals surface area contributed by atoms with Crippen LogP contribution >= 0.6 is 22.6 Å². The molecular formula is C13H17IO6. The van der Waals surface area contributed by atoms with E-state index in [2.05, 4.69) is 22.6 Å². The number of rotatable bonds is 5. The van der Waals surface area contributed by atoms with Gasteiger partial charge in [0.2, 0.25) is 0 Å². The van der Waals surface area contributed by atoms with E-state index < -0.39 is 17.6 Å². The number of hydrogen-bond acceptors (Lipinski definition) is 6. The normalized spacial score (nSPS) is 40.5. The quantitative estimate of drug-likeness (QED) is 0.413. The Kier molecular flexibility index (Phi) is 3.70. The third-order valence-electron chi connectivity index (χ3n) is 4.48. The third-order valence-corrected chi connectivity index (χ3v) is 6.16. The standard InChI is InChI=1S/C13H17IO6/c1-13(5-14,2-3-15)12(17)20-9-7-4-6-8(18-7)10(9)19-11(6)16/h6-10,15H,2-5H2,1H3. The molecule has 112 valence electrons. The second kappa shape index (κ2) is 5.10. The van der Waals surface area contributed by atoms with Gasteiger partial charge in [-0.15, -0.1) is 0 Å². The van der Waals surface area contributed by atoms with E-state index in [-0.39, 0.29) is 36.7 Å². The van der Waals surface area contributed by atoms with Crippen LogP contribution in [-0.2, 0) is 23.8 Å². The zero-order valence-corrected chi connectivity index (χ0v) is 13.2. The lowest BCUT2D eigenvalue weighted by molar-refractivity contribution is -0.169. The molecule has 0 saturated carbocycles. The molecule has 3 saturated heterocycles. The largest absolute Gasteiger partial charge is 0.455 e. The summed E-state index contributed by atoms with van der Waals surface area (Å²) in [6, 6.07) is 0. The summed E-state index contributed by atoms with van der Waals surface area (Å²) in [4.78, 5) is 23.9. The van der Waals surface area contributed by atoms with Gasteiger partial charge < -0.3 is 19.3 Å². The van der Waals surface area contributed by atoms with Gasteiger partial charge in [0.1, 0.15) is 6.10 Å². The van der Waals surface area contributed by atoms with Crippen LogP contribution in [0.4, 0.5) is 0 Å². The van der Waals surface area contributed by atoms with Gasteiger partial charge in [0, 0.05) is 11.0 Å². The number of fused-ring (bicyclic) bond motifs is 1. The van der Waals surface area contributed by atoms with E-state index >= 15 is 0 Å². The van der Waals surface area contributed by atoms with Crippen molar-refractivity contribution in [3.8, 4) is 0 Å². The number of aliphatic hydroxyl groups excluding tert-OH is 1. The molecule has 0 aromatic carbocycles. The Labute approximate surface area is 130 Å². The number of carbonyl (C=O) groups is 2. The molecule has 6 atom stereocenters. The van der Waals surface area contributed by atoms with Crippen LogP contribution in [-0.4, -0.2) is 52.5 Å². The number of aliphatic hydroxyl groups is 1. The lowest BCUT2D eigenvalue weighted by Crippen LogP contribution is -2.44. The summed E-state index contributed by atoms with van der Waals surface area (Å²) in [6.07, 6.45) is -0.534. The molecule has 0 spiro atoms. The van der Waals surface area contributed by atoms with E-state index in [0.717, 1.165) is 0 Å². The highest BCUT2D eigenvalue weighted by Gasteiger charge is 2.65. The minimum atomic E-state index is -0.723. The first-order chi connectivity index (χ1) is 9.50. The molecule has 3 rings (SSSR count). The molecular weight excluding hydrogens is 379 g/mol. The van der Waals surface area contributed by atoms with Gasteiger partial charge in [-0.2, -0.15) is 0 Å². The smallest absolute Gasteiger partial charge is 0.313 e. The molecule has 3 aliphatic heterocycles. The van der Waals surface area contributed by atoms with Crippen LogP contribution < -0.4 is 0 Å². The van der Waals surface area contributed by atoms with E-state index in [1.54, 1.807) is 6.92 Å². The SMILES string of the molecule is CC(CI)(CCO)C(=O)OC1C2CC3C(=O)OC1C3O2. The number of alkyl halides is 1. The summed E-state index contributed by atoms with van der Waals surface area (Å²) in [7, 11) is 0. The molecule has 0 aromatic heterocycles. The first kappa shape index (κ1) is 14.5. The van der Waals surface area contributed by atoms with Crippen molar-refractivity contribution in [1.29, 1.82) is 0 Å². The van der Waals surface area contributed by atoms with Crippen molar-refractivity contribution < 1.29 is 28.9 Å². The Hall–Kier alpha value is -0.410. The van der Waals surface area contributed by atoms with E-state index in [4.69, 9.17) is 19.3 Å². The molecule has 2 bridgehead atoms. The Bertz CT molecular complexity index is 441. The maximum atomic E-state index is 12.3. The zero-order valence-electron chi connectivity index (χ0n) is 11.1. The highest BCUT2D eigenvalue weighted by Crippen LogP contribution is 2.48. The van der Waals surface area contributed by atoms with Crippen molar-refractivity contribution in [2.45, 2.75) is 44.2 Å². The fourth-order valence-corrected chi connectivity index (χ4v) is 3.81. The summed E-state index contributed by atoms with van der Waals surface area (Å²) in [5.74, 6) is -0.789. The molecule has 6 nitrogen and oxygen atoms in total. The van der Waals surface area contributed by atoms with Crippen LogP contribution in [0.3, 0.4) is 0 Å². The summed E-state index contributed by atoms with van der Waals surface area (Å²) in [5, 5.41) is 9.08. The average Bonchev–Trinajstić information content (AvgIpc) is 3.03. The minimum absolute atomic E-state index is 0.0672. The maximum absolute atomic E-state index is 12.3. The van der Waals surface area contributed by atoms with Crippen molar-refractivity contribution in [3.05, 3.63) is 0 Å². The predicted octanol–water partition coefficient (Wildman–Crippen LogP) is 0.435. The topological polar surface area (TPSA) is 82.1 Å². The van der Waals surface area contributed by atoms with Crippen LogP contribution in [0.2, 0.25) is 0 Å². The van der Waals surface area contributed by atoms with Crippen molar-refractivity contribution in [1.82, 2.24) is 0 Å². The first-order valence-corrected chi connectivity index (χ1v) is 8.26. The van der Waals surface area contributed by atoms with E-state index in [9.17, 15) is 9.59 Å². The Morgan fingerprint density at radius 1 is 1.55 bits per heavy atom. The third kappa shape index (κ3) is 2.05. The van der Waals surface area contributed by atoms with E-state index in [0.29, 0.717) is 17.3 Å². The summed E-state index contributed by atoms with van der Waals surface area (Å²) in [5.41, 5.74) is -0.723. The molecule has 20 heavy (non-hydrogen) atoms. The fraction of sp³-hybridized carbons (Fsp3) is 0.846. The van der Waals surface area contributed by atoms with Crippen molar-refractivity contribution in [2.75, 3.05) is 11.0 Å². The molecule has 3 heterocycles. The molecule has 1 N–H and O–H groups in total. The molecule has 0 aliphatic carbocycles. The van der Waals surface area contributed by atoms with E-state index in [1.807, 2.05) is 0 Å². The summed E-state index contributed by atoms with van der Waals surface area (Å²) in [6.45, 7) is 1.71. The number of ether oxygens (including phenoxy) is 3. The highest BCUT2D eigenvalue weighted by molar-refractivity contribution is 14.1. The van der Waals surface area contributed by atoms with Crippen molar-refractivity contribution in [3.63, 3.8) is 0 Å². The number of carbonyl (C=O) groups excluding carboxylic acids is 2. The van der Waals surface area contributed by atoms with Crippen LogP contribution in [0.5, 0.6) is 0 Å².